The molecule has 1 fully saturated rings. The molecule has 1 unspecified atom stereocenters. The Kier molecular flexibility index (Phi) is 8.78. The van der Waals surface area contributed by atoms with Crippen molar-refractivity contribution in [3.05, 3.63) is 57.5 Å². The first kappa shape index (κ1) is 30.5. The standard InChI is InChI=1S/C28H32N6O7S2/c1-4-41-27(36)22-15-33(11-12-34(22)26(35)25-30-21-9-10-32(2)16-23(21)42-25)43(38,39)20-8-7-17-13-19(6-5-18(17)14-20)24(29)31-28(37)40-3/h5-8,13-14,22H,4,9-12,15-16H2,1-3H3,(H2,29,31,37). The van der Waals surface area contributed by atoms with Crippen molar-refractivity contribution in [2.75, 3.05) is 46.9 Å². The molecule has 2 aliphatic heterocycles. The average Bonchev–Trinajstić information content (AvgIpc) is 3.43. The van der Waals surface area contributed by atoms with E-state index >= 15 is 0 Å². The number of benzene rings is 2. The molecule has 5 rings (SSSR count). The molecule has 2 aliphatic rings. The minimum Gasteiger partial charge on any atom is -0.464 e. The third-order valence-corrected chi connectivity index (χ3v) is 10.3. The second-order valence-electron chi connectivity index (χ2n) is 10.2. The Balaban J connectivity index is 1.37. The minimum atomic E-state index is -4.05. The highest BCUT2D eigenvalue weighted by atomic mass is 32.2. The third-order valence-electron chi connectivity index (χ3n) is 7.42. The largest absolute Gasteiger partial charge is 0.464 e. The number of alkyl carbamates (subject to hydrolysis) is 1. The van der Waals surface area contributed by atoms with Crippen molar-refractivity contribution < 1.29 is 32.3 Å². The van der Waals surface area contributed by atoms with Gasteiger partial charge in [-0.2, -0.15) is 4.31 Å². The van der Waals surface area contributed by atoms with Gasteiger partial charge in [-0.15, -0.1) is 11.3 Å². The third kappa shape index (κ3) is 6.25. The molecule has 1 atom stereocenters. The number of nitrogens with zero attached hydrogens (tertiary/aromatic N) is 4. The monoisotopic (exact) mass is 628 g/mol. The van der Waals surface area contributed by atoms with Gasteiger partial charge in [0.25, 0.3) is 5.91 Å². The first-order valence-corrected chi connectivity index (χ1v) is 15.9. The summed E-state index contributed by atoms with van der Waals surface area (Å²) in [5.74, 6) is -1.25. The highest BCUT2D eigenvalue weighted by Gasteiger charge is 2.42. The number of rotatable bonds is 6. The summed E-state index contributed by atoms with van der Waals surface area (Å²) >= 11 is 1.31. The Morgan fingerprint density at radius 2 is 1.86 bits per heavy atom. The van der Waals surface area contributed by atoms with Crippen LogP contribution in [0.15, 0.2) is 41.3 Å². The molecule has 0 spiro atoms. The van der Waals surface area contributed by atoms with E-state index in [1.807, 2.05) is 7.05 Å². The zero-order valence-corrected chi connectivity index (χ0v) is 25.6. The van der Waals surface area contributed by atoms with Gasteiger partial charge in [0.15, 0.2) is 5.01 Å². The molecule has 0 saturated carbocycles. The Morgan fingerprint density at radius 3 is 2.60 bits per heavy atom. The number of aromatic nitrogens is 1. The molecule has 13 nitrogen and oxygen atoms in total. The Hall–Kier alpha value is -3.92. The summed E-state index contributed by atoms with van der Waals surface area (Å²) in [5.41, 5.74) is 1.31. The van der Waals surface area contributed by atoms with E-state index in [9.17, 15) is 22.8 Å². The van der Waals surface area contributed by atoms with Crippen LogP contribution in [0.5, 0.6) is 0 Å². The van der Waals surface area contributed by atoms with E-state index in [4.69, 9.17) is 10.1 Å². The molecular formula is C28H32N6O7S2. The normalized spacial score (nSPS) is 17.7. The first-order chi connectivity index (χ1) is 20.5. The van der Waals surface area contributed by atoms with Crippen LogP contribution >= 0.6 is 11.3 Å². The van der Waals surface area contributed by atoms with Gasteiger partial charge in [-0.05, 0) is 42.9 Å². The number of esters is 1. The zero-order chi connectivity index (χ0) is 30.9. The lowest BCUT2D eigenvalue weighted by molar-refractivity contribution is -0.149. The second-order valence-corrected chi connectivity index (χ2v) is 13.2. The lowest BCUT2D eigenvalue weighted by Crippen LogP contribution is -2.59. The molecule has 2 N–H and O–H groups in total. The number of amidine groups is 1. The maximum absolute atomic E-state index is 13.8. The van der Waals surface area contributed by atoms with Crippen LogP contribution in [0.3, 0.4) is 0 Å². The lowest BCUT2D eigenvalue weighted by Gasteiger charge is -2.38. The fourth-order valence-electron chi connectivity index (χ4n) is 5.11. The molecular weight excluding hydrogens is 596 g/mol. The van der Waals surface area contributed by atoms with E-state index in [-0.39, 0.29) is 42.0 Å². The minimum absolute atomic E-state index is 0.00204. The van der Waals surface area contributed by atoms with Crippen molar-refractivity contribution in [2.24, 2.45) is 0 Å². The number of ether oxygens (including phenoxy) is 2. The molecule has 2 aromatic carbocycles. The molecule has 1 aromatic heterocycles. The summed E-state index contributed by atoms with van der Waals surface area (Å²) in [4.78, 5) is 47.2. The lowest BCUT2D eigenvalue weighted by atomic mass is 10.1. The van der Waals surface area contributed by atoms with Crippen molar-refractivity contribution in [1.82, 2.24) is 24.4 Å². The molecule has 0 radical (unpaired) electrons. The van der Waals surface area contributed by atoms with Crippen LogP contribution in [0.25, 0.3) is 10.8 Å². The summed E-state index contributed by atoms with van der Waals surface area (Å²) in [7, 11) is -0.847. The van der Waals surface area contributed by atoms with Crippen LogP contribution in [-0.2, 0) is 37.3 Å². The van der Waals surface area contributed by atoms with E-state index in [0.717, 1.165) is 23.5 Å². The van der Waals surface area contributed by atoms with E-state index in [1.165, 1.54) is 39.8 Å². The first-order valence-electron chi connectivity index (χ1n) is 13.6. The Morgan fingerprint density at radius 1 is 1.12 bits per heavy atom. The number of hydrogen-bond donors (Lipinski definition) is 2. The molecule has 0 aliphatic carbocycles. The van der Waals surface area contributed by atoms with Gasteiger partial charge in [0.2, 0.25) is 10.0 Å². The highest BCUT2D eigenvalue weighted by molar-refractivity contribution is 7.89. The molecule has 228 valence electrons. The van der Waals surface area contributed by atoms with Crippen LogP contribution in [0.1, 0.15) is 32.9 Å². The van der Waals surface area contributed by atoms with Crippen molar-refractivity contribution in [3.8, 4) is 0 Å². The summed E-state index contributed by atoms with van der Waals surface area (Å²) in [6.07, 6.45) is -0.0313. The number of amides is 2. The van der Waals surface area contributed by atoms with Crippen molar-refractivity contribution in [1.29, 1.82) is 5.41 Å². The highest BCUT2D eigenvalue weighted by Crippen LogP contribution is 2.29. The maximum Gasteiger partial charge on any atom is 0.412 e. The van der Waals surface area contributed by atoms with E-state index < -0.39 is 34.0 Å². The van der Waals surface area contributed by atoms with Gasteiger partial charge in [0, 0.05) is 49.6 Å². The molecule has 3 heterocycles. The van der Waals surface area contributed by atoms with Gasteiger partial charge in [0.05, 0.1) is 24.3 Å². The summed E-state index contributed by atoms with van der Waals surface area (Å²) in [6.45, 7) is 3.02. The van der Waals surface area contributed by atoms with Crippen molar-refractivity contribution in [3.63, 3.8) is 0 Å². The fourth-order valence-corrected chi connectivity index (χ4v) is 7.73. The number of sulfonamides is 1. The quantitative estimate of drug-likeness (QED) is 0.236. The zero-order valence-electron chi connectivity index (χ0n) is 24.0. The SMILES string of the molecule is CCOC(=O)C1CN(S(=O)(=O)c2ccc3cc(C(=N)NC(=O)OC)ccc3c2)CCN1C(=O)c1nc2c(s1)CN(C)CC2. The van der Waals surface area contributed by atoms with Gasteiger partial charge >= 0.3 is 12.1 Å². The van der Waals surface area contributed by atoms with Gasteiger partial charge < -0.3 is 19.3 Å². The van der Waals surface area contributed by atoms with Crippen LogP contribution in [0.4, 0.5) is 4.79 Å². The molecule has 15 heteroatoms. The van der Waals surface area contributed by atoms with Gasteiger partial charge in [-0.1, -0.05) is 18.2 Å². The average molecular weight is 629 g/mol. The Bertz CT molecular complexity index is 1710. The summed E-state index contributed by atoms with van der Waals surface area (Å²) in [5, 5.41) is 11.9. The number of methoxy groups -OCH3 is 1. The van der Waals surface area contributed by atoms with E-state index in [2.05, 4.69) is 19.9 Å². The predicted octanol–water partition coefficient (Wildman–Crippen LogP) is 2.04. The van der Waals surface area contributed by atoms with Crippen LogP contribution in [0, 0.1) is 5.41 Å². The molecule has 3 aromatic rings. The van der Waals surface area contributed by atoms with Crippen LogP contribution in [-0.4, -0.2) is 104 Å². The van der Waals surface area contributed by atoms with Gasteiger partial charge in [0.1, 0.15) is 11.9 Å². The number of piperazine rings is 1. The van der Waals surface area contributed by atoms with Crippen LogP contribution < -0.4 is 5.32 Å². The number of likely N-dealkylation sites (N-methyl/N-ethyl adjacent to an activating group) is 1. The maximum atomic E-state index is 13.8. The molecule has 0 bridgehead atoms. The molecule has 1 saturated heterocycles. The fraction of sp³-hybridized carbons (Fsp3) is 0.393. The number of nitrogens with one attached hydrogen (secondary N) is 2. The number of hydrogen-bond acceptors (Lipinski definition) is 11. The van der Waals surface area contributed by atoms with E-state index in [1.54, 1.807) is 31.2 Å². The number of thiazole rings is 1. The van der Waals surface area contributed by atoms with E-state index in [0.29, 0.717) is 22.9 Å². The van der Waals surface area contributed by atoms with Gasteiger partial charge in [-0.25, -0.2) is 23.0 Å². The topological polar surface area (TPSA) is 162 Å². The van der Waals surface area contributed by atoms with Gasteiger partial charge in [-0.3, -0.25) is 15.5 Å². The Labute approximate surface area is 252 Å². The second kappa shape index (κ2) is 12.4. The number of carbonyl (C=O) groups is 3. The number of fused-ring (bicyclic) bond motifs is 2. The summed E-state index contributed by atoms with van der Waals surface area (Å²) < 4.78 is 38.5. The summed E-state index contributed by atoms with van der Waals surface area (Å²) in [6, 6.07) is 8.34. The van der Waals surface area contributed by atoms with Crippen LogP contribution in [0.2, 0.25) is 0 Å². The molecule has 2 amide bonds. The predicted molar refractivity (Wildman–Crippen MR) is 159 cm³/mol. The smallest absolute Gasteiger partial charge is 0.412 e. The molecule has 43 heavy (non-hydrogen) atoms. The number of carbonyl (C=O) groups excluding carboxylic acids is 3. The van der Waals surface area contributed by atoms with Crippen molar-refractivity contribution >= 4 is 55.9 Å². The van der Waals surface area contributed by atoms with Crippen molar-refractivity contribution in [2.45, 2.75) is 30.8 Å².